The lowest BCUT2D eigenvalue weighted by Crippen LogP contribution is -2.53. The molecule has 0 aliphatic heterocycles. The van der Waals surface area contributed by atoms with E-state index in [4.69, 9.17) is 0 Å². The van der Waals surface area contributed by atoms with E-state index in [1.165, 1.54) is 24.5 Å². The van der Waals surface area contributed by atoms with Gasteiger partial charge < -0.3 is 5.11 Å². The van der Waals surface area contributed by atoms with Crippen molar-refractivity contribution < 1.29 is 13.5 Å². The first-order valence-electron chi connectivity index (χ1n) is 5.55. The van der Waals surface area contributed by atoms with Gasteiger partial charge in [0.25, 0.3) is 0 Å². The molecule has 0 fully saturated rings. The number of nitrogens with zero attached hydrogens (tertiary/aromatic N) is 1. The van der Waals surface area contributed by atoms with Gasteiger partial charge in [0.1, 0.15) is 10.5 Å². The standard InChI is InChI=1S/C12H21NO3S/c1-11(2,3)12(17(15,16)13(4)5)8-6-10(14)7-9-12/h6-8,14H,9H2,1-5H3. The molecule has 0 radical (unpaired) electrons. The Morgan fingerprint density at radius 3 is 2.18 bits per heavy atom. The highest BCUT2D eigenvalue weighted by atomic mass is 32.2. The van der Waals surface area contributed by atoms with E-state index in [0.29, 0.717) is 6.42 Å². The van der Waals surface area contributed by atoms with Crippen molar-refractivity contribution in [3.8, 4) is 0 Å². The summed E-state index contributed by atoms with van der Waals surface area (Å²) in [6, 6.07) is 0. The second-order valence-corrected chi connectivity index (χ2v) is 8.00. The number of aliphatic hydroxyl groups excluding tert-OH is 1. The van der Waals surface area contributed by atoms with Gasteiger partial charge in [-0.1, -0.05) is 26.8 Å². The molecule has 0 saturated heterocycles. The van der Waals surface area contributed by atoms with Crippen molar-refractivity contribution in [3.63, 3.8) is 0 Å². The molecule has 0 aromatic heterocycles. The summed E-state index contributed by atoms with van der Waals surface area (Å²) in [4.78, 5) is 0. The first-order chi connectivity index (χ1) is 7.54. The average Bonchev–Trinajstić information content (AvgIpc) is 2.16. The minimum absolute atomic E-state index is 0.124. The molecule has 17 heavy (non-hydrogen) atoms. The molecule has 0 aromatic carbocycles. The van der Waals surface area contributed by atoms with Crippen LogP contribution in [-0.4, -0.2) is 36.7 Å². The largest absolute Gasteiger partial charge is 0.508 e. The van der Waals surface area contributed by atoms with E-state index in [0.717, 1.165) is 0 Å². The zero-order valence-corrected chi connectivity index (χ0v) is 11.9. The van der Waals surface area contributed by atoms with Crippen LogP contribution in [0.3, 0.4) is 0 Å². The SMILES string of the molecule is CN(C)S(=O)(=O)C1(C(C)(C)C)C=CC(O)=CC1. The van der Waals surface area contributed by atoms with E-state index >= 15 is 0 Å². The molecule has 4 nitrogen and oxygen atoms in total. The van der Waals surface area contributed by atoms with Crippen LogP contribution in [0.1, 0.15) is 27.2 Å². The fraction of sp³-hybridized carbons (Fsp3) is 0.667. The average molecular weight is 259 g/mol. The van der Waals surface area contributed by atoms with Crippen molar-refractivity contribution in [1.29, 1.82) is 0 Å². The zero-order chi connectivity index (χ0) is 13.5. The van der Waals surface area contributed by atoms with Crippen molar-refractivity contribution >= 4 is 10.0 Å². The fourth-order valence-electron chi connectivity index (χ4n) is 2.07. The Labute approximate surface area is 104 Å². The third kappa shape index (κ3) is 2.13. The monoisotopic (exact) mass is 259 g/mol. The maximum absolute atomic E-state index is 12.5. The molecule has 0 amide bonds. The van der Waals surface area contributed by atoms with Crippen LogP contribution >= 0.6 is 0 Å². The van der Waals surface area contributed by atoms with Crippen molar-refractivity contribution in [3.05, 3.63) is 24.0 Å². The van der Waals surface area contributed by atoms with Crippen LogP contribution < -0.4 is 0 Å². The van der Waals surface area contributed by atoms with Crippen molar-refractivity contribution in [2.45, 2.75) is 31.9 Å². The molecule has 1 unspecified atom stereocenters. The second kappa shape index (κ2) is 4.14. The Bertz CT molecular complexity index is 455. The fourth-order valence-corrected chi connectivity index (χ4v) is 4.03. The molecule has 1 aliphatic carbocycles. The Kier molecular flexibility index (Phi) is 3.47. The normalized spacial score (nSPS) is 26.1. The number of hydrogen-bond donors (Lipinski definition) is 1. The highest BCUT2D eigenvalue weighted by Crippen LogP contribution is 2.44. The minimum Gasteiger partial charge on any atom is -0.508 e. The lowest BCUT2D eigenvalue weighted by atomic mass is 9.76. The van der Waals surface area contributed by atoms with E-state index < -0.39 is 20.2 Å². The summed E-state index contributed by atoms with van der Waals surface area (Å²) in [6.45, 7) is 5.69. The molecule has 98 valence electrons. The molecule has 0 bridgehead atoms. The number of sulfonamides is 1. The van der Waals surface area contributed by atoms with Crippen molar-refractivity contribution in [2.75, 3.05) is 14.1 Å². The quantitative estimate of drug-likeness (QED) is 0.826. The molecule has 0 spiro atoms. The maximum atomic E-state index is 12.5. The summed E-state index contributed by atoms with van der Waals surface area (Å²) < 4.78 is 25.3. The van der Waals surface area contributed by atoms with Crippen LogP contribution in [0.5, 0.6) is 0 Å². The summed E-state index contributed by atoms with van der Waals surface area (Å²) in [6.07, 6.45) is 4.93. The summed E-state index contributed by atoms with van der Waals surface area (Å²) >= 11 is 0. The van der Waals surface area contributed by atoms with E-state index in [1.54, 1.807) is 12.2 Å². The third-order valence-corrected chi connectivity index (χ3v) is 6.15. The van der Waals surface area contributed by atoms with Crippen LogP contribution in [0.15, 0.2) is 24.0 Å². The van der Waals surface area contributed by atoms with Gasteiger partial charge in [-0.25, -0.2) is 12.7 Å². The smallest absolute Gasteiger partial charge is 0.223 e. The molecular weight excluding hydrogens is 238 g/mol. The molecule has 1 N–H and O–H groups in total. The lowest BCUT2D eigenvalue weighted by Gasteiger charge is -2.43. The molecule has 1 atom stereocenters. The molecule has 0 heterocycles. The highest BCUT2D eigenvalue weighted by Gasteiger charge is 2.52. The van der Waals surface area contributed by atoms with Gasteiger partial charge >= 0.3 is 0 Å². The molecule has 0 saturated carbocycles. The molecule has 5 heteroatoms. The highest BCUT2D eigenvalue weighted by molar-refractivity contribution is 7.90. The Hall–Kier alpha value is -0.810. The summed E-state index contributed by atoms with van der Waals surface area (Å²) in [5, 5.41) is 9.38. The molecule has 0 aromatic rings. The summed E-state index contributed by atoms with van der Waals surface area (Å²) in [5.74, 6) is 0.124. The first kappa shape index (κ1) is 14.3. The van der Waals surface area contributed by atoms with Gasteiger partial charge in [0.2, 0.25) is 10.0 Å². The Morgan fingerprint density at radius 1 is 1.35 bits per heavy atom. The molecule has 1 rings (SSSR count). The second-order valence-electron chi connectivity index (χ2n) is 5.59. The first-order valence-corrected chi connectivity index (χ1v) is 6.99. The number of hydrogen-bond acceptors (Lipinski definition) is 3. The minimum atomic E-state index is -3.45. The third-order valence-electron chi connectivity index (χ3n) is 3.35. The number of allylic oxidation sites excluding steroid dienone is 2. The number of aliphatic hydroxyl groups is 1. The van der Waals surface area contributed by atoms with Gasteiger partial charge in [0, 0.05) is 14.1 Å². The summed E-state index contributed by atoms with van der Waals surface area (Å²) in [7, 11) is -0.379. The predicted octanol–water partition coefficient (Wildman–Crippen LogP) is 2.06. The summed E-state index contributed by atoms with van der Waals surface area (Å²) in [5.41, 5.74) is -0.455. The van der Waals surface area contributed by atoms with E-state index in [2.05, 4.69) is 0 Å². The van der Waals surface area contributed by atoms with E-state index in [-0.39, 0.29) is 5.76 Å². The van der Waals surface area contributed by atoms with Gasteiger partial charge in [0.15, 0.2) is 0 Å². The zero-order valence-electron chi connectivity index (χ0n) is 11.1. The number of rotatable bonds is 2. The van der Waals surface area contributed by atoms with Crippen LogP contribution in [0, 0.1) is 5.41 Å². The van der Waals surface area contributed by atoms with Crippen LogP contribution in [0.25, 0.3) is 0 Å². The Morgan fingerprint density at radius 2 is 1.88 bits per heavy atom. The van der Waals surface area contributed by atoms with Gasteiger partial charge in [-0.15, -0.1) is 0 Å². The van der Waals surface area contributed by atoms with Crippen molar-refractivity contribution in [1.82, 2.24) is 4.31 Å². The lowest BCUT2D eigenvalue weighted by molar-refractivity contribution is 0.293. The maximum Gasteiger partial charge on any atom is 0.223 e. The van der Waals surface area contributed by atoms with Crippen LogP contribution in [0.2, 0.25) is 0 Å². The Balaban J connectivity index is 3.41. The van der Waals surface area contributed by atoms with E-state index in [1.807, 2.05) is 20.8 Å². The van der Waals surface area contributed by atoms with Crippen LogP contribution in [-0.2, 0) is 10.0 Å². The predicted molar refractivity (Wildman–Crippen MR) is 69.3 cm³/mol. The van der Waals surface area contributed by atoms with Crippen molar-refractivity contribution in [2.24, 2.45) is 5.41 Å². The topological polar surface area (TPSA) is 57.6 Å². The van der Waals surface area contributed by atoms with Gasteiger partial charge in [-0.3, -0.25) is 0 Å². The van der Waals surface area contributed by atoms with E-state index in [9.17, 15) is 13.5 Å². The van der Waals surface area contributed by atoms with Crippen LogP contribution in [0.4, 0.5) is 0 Å². The van der Waals surface area contributed by atoms with Gasteiger partial charge in [0.05, 0.1) is 0 Å². The molecular formula is C12H21NO3S. The molecule has 1 aliphatic rings. The van der Waals surface area contributed by atoms with Gasteiger partial charge in [-0.05, 0) is 24.0 Å². The van der Waals surface area contributed by atoms with Gasteiger partial charge in [-0.2, -0.15) is 0 Å².